The summed E-state index contributed by atoms with van der Waals surface area (Å²) in [6.07, 6.45) is 39.5. The molecular weight excluding hydrogens is 981 g/mol. The molecule has 0 aliphatic carbocycles. The Balaban J connectivity index is 0.00000198. The van der Waals surface area contributed by atoms with Crippen molar-refractivity contribution >= 4 is 56.5 Å². The second-order valence-corrected chi connectivity index (χ2v) is 22.7. The van der Waals surface area contributed by atoms with Gasteiger partial charge in [-0.3, -0.25) is 18.7 Å². The Labute approximate surface area is 452 Å². The molecule has 0 saturated carbocycles. The van der Waals surface area contributed by atoms with Gasteiger partial charge in [-0.2, -0.15) is 8.42 Å². The topological polar surface area (TPSA) is 225 Å². The molecule has 0 amide bonds. The zero-order valence-corrected chi connectivity index (χ0v) is 49.4. The molecule has 1 atom stereocenters. The van der Waals surface area contributed by atoms with Crippen LogP contribution in [-0.4, -0.2) is 117 Å². The number of esters is 2. The van der Waals surface area contributed by atoms with E-state index in [1.165, 1.54) is 96.3 Å². The first kappa shape index (κ1) is 69.0. The summed E-state index contributed by atoms with van der Waals surface area (Å²) in [6, 6.07) is 0. The predicted octanol–water partition coefficient (Wildman–Crippen LogP) is 13.3. The van der Waals surface area contributed by atoms with E-state index >= 15 is 0 Å². The van der Waals surface area contributed by atoms with Gasteiger partial charge in [-0.15, -0.1) is 17.6 Å². The predicted molar refractivity (Wildman–Crippen MR) is 310 cm³/mol. The van der Waals surface area contributed by atoms with Crippen molar-refractivity contribution in [2.24, 2.45) is 17.6 Å². The lowest BCUT2D eigenvalue weighted by Gasteiger charge is -2.22. The Kier molecular flexibility index (Phi) is 42.0. The lowest BCUT2D eigenvalue weighted by atomic mass is 10.0. The van der Waals surface area contributed by atoms with Gasteiger partial charge in [-0.05, 0) is 104 Å². The number of carbonyl (C=O) groups excluding carboxylic acids is 2. The number of hydrogen-bond acceptors (Lipinski definition) is 15. The molecule has 0 aromatic carbocycles. The molecule has 0 bridgehead atoms. The van der Waals surface area contributed by atoms with Crippen molar-refractivity contribution in [2.75, 3.05) is 46.9 Å². The maximum absolute atomic E-state index is 12.9. The van der Waals surface area contributed by atoms with Gasteiger partial charge in [0.05, 0.1) is 6.61 Å². The normalized spacial score (nSPS) is 15.4. The number of unbranched alkanes of at least 4 members (excludes halogenated alkanes) is 23. The maximum atomic E-state index is 12.9. The molecule has 19 heteroatoms. The van der Waals surface area contributed by atoms with E-state index in [9.17, 15) is 27.1 Å². The third-order valence-corrected chi connectivity index (χ3v) is 15.0. The first-order valence-electron chi connectivity index (χ1n) is 29.5. The molecule has 0 radical (unpaired) electrons. The van der Waals surface area contributed by atoms with E-state index in [4.69, 9.17) is 14.2 Å². The van der Waals surface area contributed by atoms with Crippen LogP contribution in [0.3, 0.4) is 0 Å². The minimum absolute atomic E-state index is 0.00244. The minimum Gasteiger partial charge on any atom is -0.475 e. The van der Waals surface area contributed by atoms with Crippen molar-refractivity contribution in [1.29, 1.82) is 0 Å². The van der Waals surface area contributed by atoms with E-state index in [1.54, 1.807) is 21.0 Å². The second kappa shape index (κ2) is 45.1. The Morgan fingerprint density at radius 2 is 0.905 bits per heavy atom. The van der Waals surface area contributed by atoms with Crippen molar-refractivity contribution in [2.45, 2.75) is 272 Å². The van der Waals surface area contributed by atoms with Crippen LogP contribution in [-0.2, 0) is 34.0 Å². The molecule has 0 spiro atoms. The van der Waals surface area contributed by atoms with Crippen LogP contribution in [0.5, 0.6) is 0 Å². The van der Waals surface area contributed by atoms with Crippen LogP contribution in [0.4, 0.5) is 0 Å². The molecule has 2 rings (SSSR count). The van der Waals surface area contributed by atoms with E-state index < -0.39 is 21.2 Å². The first-order chi connectivity index (χ1) is 35.8. The molecule has 0 fully saturated rings. The summed E-state index contributed by atoms with van der Waals surface area (Å²) in [4.78, 5) is 28.0. The highest BCUT2D eigenvalue weighted by atomic mass is 32.3. The van der Waals surface area contributed by atoms with Crippen LogP contribution in [0, 0.1) is 0 Å². The molecule has 0 saturated heterocycles. The number of likely N-dealkylation sites (N-methyl/N-ethyl adjacent to an activating group) is 2. The minimum atomic E-state index is -3.69. The van der Waals surface area contributed by atoms with Crippen molar-refractivity contribution in [3.05, 3.63) is 0 Å². The molecule has 5 N–H and O–H groups in total. The summed E-state index contributed by atoms with van der Waals surface area (Å²) in [5, 5.41) is 8.69. The number of carbonyl (C=O) groups is 2. The summed E-state index contributed by atoms with van der Waals surface area (Å²) in [7, 11) is -3.75. The highest BCUT2D eigenvalue weighted by Crippen LogP contribution is 2.45. The molecule has 2 aliphatic rings. The summed E-state index contributed by atoms with van der Waals surface area (Å²) in [5.74, 6) is 0.925. The quantitative estimate of drug-likeness (QED) is 0.0283. The van der Waals surface area contributed by atoms with Gasteiger partial charge in [0.1, 0.15) is 12.2 Å². The molecule has 74 heavy (non-hydrogen) atoms. The number of amidine groups is 3. The van der Waals surface area contributed by atoms with E-state index in [-0.39, 0.29) is 35.9 Å². The number of hydrogen-bond donors (Lipinski definition) is 5. The van der Waals surface area contributed by atoms with Crippen LogP contribution in [0.2, 0.25) is 0 Å². The summed E-state index contributed by atoms with van der Waals surface area (Å²) in [6.45, 7) is 14.6. The molecule has 2 heterocycles. The largest absolute Gasteiger partial charge is 0.475 e. The van der Waals surface area contributed by atoms with Crippen molar-refractivity contribution in [1.82, 2.24) is 20.9 Å². The average molecular weight is 1090 g/mol. The smallest absolute Gasteiger partial charge is 0.368 e. The molecule has 434 valence electrons. The van der Waals surface area contributed by atoms with E-state index in [2.05, 4.69) is 66.1 Å². The fraction of sp³-hybridized carbons (Fsp3) is 0.891. The number of nitrogens with zero attached hydrogens (tertiary/aromatic N) is 5. The molecule has 1 unspecified atom stereocenters. The zero-order chi connectivity index (χ0) is 54.6. The van der Waals surface area contributed by atoms with Crippen LogP contribution >= 0.6 is 11.0 Å². The van der Waals surface area contributed by atoms with Crippen LogP contribution in [0.25, 0.3) is 0 Å². The average Bonchev–Trinajstić information content (AvgIpc) is 3.85. The third kappa shape index (κ3) is 36.9. The van der Waals surface area contributed by atoms with Crippen LogP contribution in [0.1, 0.15) is 259 Å². The summed E-state index contributed by atoms with van der Waals surface area (Å²) in [5.41, 5.74) is 0. The highest BCUT2D eigenvalue weighted by molar-refractivity contribution is 8.22. The van der Waals surface area contributed by atoms with Gasteiger partial charge in [0.15, 0.2) is 11.7 Å². The Bertz CT molecular complexity index is 1670. The third-order valence-electron chi connectivity index (χ3n) is 13.4. The Morgan fingerprint density at radius 3 is 1.36 bits per heavy atom. The monoisotopic (exact) mass is 1090 g/mol. The molecule has 2 aliphatic heterocycles. The SMILES string of the molecule is CCCCCCCCC(CC)OC(=O)CCCCCCCN(CCCCCCCC(=O)OC(CCCCCCCC)CCCCCCCC)CCCNC1=NS(O)(O)N=C1NC.CCOC1=NS(=O)(=O)N=C1NC. The Hall–Kier alpha value is -3.00. The van der Waals surface area contributed by atoms with Gasteiger partial charge >= 0.3 is 22.1 Å². The molecule has 0 aromatic heterocycles. The number of ether oxygens (including phenoxy) is 3. The van der Waals surface area contributed by atoms with E-state index in [0.717, 1.165) is 135 Å². The fourth-order valence-corrected chi connectivity index (χ4v) is 10.7. The zero-order valence-electron chi connectivity index (χ0n) is 47.7. The molecule has 17 nitrogen and oxygen atoms in total. The maximum Gasteiger partial charge on any atom is 0.368 e. The van der Waals surface area contributed by atoms with Gasteiger partial charge < -0.3 is 35.1 Å². The van der Waals surface area contributed by atoms with Gasteiger partial charge in [0, 0.05) is 44.4 Å². The Morgan fingerprint density at radius 1 is 0.500 bits per heavy atom. The second-order valence-electron chi connectivity index (χ2n) is 20.0. The van der Waals surface area contributed by atoms with Gasteiger partial charge in [0.2, 0.25) is 5.84 Å². The van der Waals surface area contributed by atoms with Crippen molar-refractivity contribution in [3.63, 3.8) is 0 Å². The highest BCUT2D eigenvalue weighted by Gasteiger charge is 2.25. The molecule has 0 aromatic rings. The van der Waals surface area contributed by atoms with Gasteiger partial charge in [-0.25, -0.2) is 0 Å². The molecular formula is C55H108N8O9S2. The van der Waals surface area contributed by atoms with Gasteiger partial charge in [0.25, 0.3) is 5.90 Å². The van der Waals surface area contributed by atoms with E-state index in [0.29, 0.717) is 37.7 Å². The van der Waals surface area contributed by atoms with Crippen LogP contribution < -0.4 is 16.0 Å². The van der Waals surface area contributed by atoms with Gasteiger partial charge in [-0.1, -0.05) is 163 Å². The lowest BCUT2D eigenvalue weighted by Crippen LogP contribution is -2.38. The number of nitrogens with one attached hydrogen (secondary N) is 3. The van der Waals surface area contributed by atoms with Crippen molar-refractivity contribution < 1.29 is 41.3 Å². The first-order valence-corrected chi connectivity index (χ1v) is 32.4. The van der Waals surface area contributed by atoms with Crippen molar-refractivity contribution in [3.8, 4) is 0 Å². The standard InChI is InChI=1S/C50H99N5O6S.C5H9N3O3S/c1-6-10-13-16-21-28-36-45(9-4)60-47(56)39-31-24-19-26-33-42-55(44-35-41-52-50-49(51-5)53-62(58,59)54-50)43-34-27-20-25-32-40-48(57)61-46(37-29-22-17-14-11-7-2)38-30-23-18-15-12-8-3;1-3-11-5-4(6-2)7-12(9,10)8-5/h45-46,58-59H,6-44H2,1-5H3,(H,51,53)(H,52,54);3H2,1-2H3,(H,6,7). The fourth-order valence-electron chi connectivity index (χ4n) is 9.01. The summed E-state index contributed by atoms with van der Waals surface area (Å²) < 4.78 is 72.5. The number of rotatable bonds is 45. The van der Waals surface area contributed by atoms with E-state index in [1.807, 2.05) is 0 Å². The lowest BCUT2D eigenvalue weighted by molar-refractivity contribution is -0.150. The summed E-state index contributed by atoms with van der Waals surface area (Å²) >= 11 is 0. The van der Waals surface area contributed by atoms with Crippen LogP contribution in [0.15, 0.2) is 17.6 Å².